The fraction of sp³-hybridized carbons (Fsp3) is 0.304. The lowest BCUT2D eigenvalue weighted by molar-refractivity contribution is 0.110. The van der Waals surface area contributed by atoms with Gasteiger partial charge in [0.25, 0.3) is 5.56 Å². The van der Waals surface area contributed by atoms with Gasteiger partial charge in [-0.1, -0.05) is 16.8 Å². The molecule has 1 fully saturated rings. The van der Waals surface area contributed by atoms with Crippen molar-refractivity contribution in [2.75, 3.05) is 33.3 Å². The van der Waals surface area contributed by atoms with Crippen LogP contribution in [-0.4, -0.2) is 63.2 Å². The van der Waals surface area contributed by atoms with E-state index in [4.69, 9.17) is 20.9 Å². The predicted molar refractivity (Wildman–Crippen MR) is 124 cm³/mol. The normalized spacial score (nSPS) is 15.2. The molecule has 0 amide bonds. The summed E-state index contributed by atoms with van der Waals surface area (Å²) in [5.74, 6) is 2.60. The zero-order valence-corrected chi connectivity index (χ0v) is 18.9. The SMILES string of the molecule is COc1ccc(-c2noc(CN3CCN(Cc4nc5ccc(Cl)cc5c(=O)[nH]4)CC3)n2)cc1. The second-order valence-electron chi connectivity index (χ2n) is 7.97. The van der Waals surface area contributed by atoms with Crippen LogP contribution < -0.4 is 10.3 Å². The third-order valence-electron chi connectivity index (χ3n) is 5.73. The molecule has 0 unspecified atom stereocenters. The Kier molecular flexibility index (Phi) is 6.08. The Balaban J connectivity index is 1.17. The Morgan fingerprint density at radius 3 is 2.48 bits per heavy atom. The van der Waals surface area contributed by atoms with Gasteiger partial charge in [0.2, 0.25) is 11.7 Å². The van der Waals surface area contributed by atoms with E-state index in [0.717, 1.165) is 37.5 Å². The van der Waals surface area contributed by atoms with E-state index in [0.29, 0.717) is 46.6 Å². The van der Waals surface area contributed by atoms with Crippen LogP contribution in [0.15, 0.2) is 51.8 Å². The zero-order valence-electron chi connectivity index (χ0n) is 18.1. The number of methoxy groups -OCH3 is 1. The molecule has 1 aliphatic rings. The first-order valence-electron chi connectivity index (χ1n) is 10.7. The summed E-state index contributed by atoms with van der Waals surface area (Å²) in [7, 11) is 1.63. The van der Waals surface area contributed by atoms with Gasteiger partial charge >= 0.3 is 0 Å². The Morgan fingerprint density at radius 2 is 1.76 bits per heavy atom. The maximum Gasteiger partial charge on any atom is 0.258 e. The van der Waals surface area contributed by atoms with Crippen molar-refractivity contribution in [3.8, 4) is 17.1 Å². The van der Waals surface area contributed by atoms with Crippen molar-refractivity contribution in [2.24, 2.45) is 0 Å². The lowest BCUT2D eigenvalue weighted by atomic mass is 10.2. The standard InChI is InChI=1S/C23H23ClN6O3/c1-32-17-5-2-15(3-6-17)22-27-21(33-28-22)14-30-10-8-29(9-11-30)13-20-25-19-7-4-16(24)12-18(19)23(31)26-20/h2-7,12H,8-11,13-14H2,1H3,(H,25,26,31). The van der Waals surface area contributed by atoms with E-state index in [-0.39, 0.29) is 5.56 Å². The summed E-state index contributed by atoms with van der Waals surface area (Å²) in [6.45, 7) is 4.59. The van der Waals surface area contributed by atoms with E-state index < -0.39 is 0 Å². The van der Waals surface area contributed by atoms with Gasteiger partial charge in [-0.2, -0.15) is 4.98 Å². The number of aromatic amines is 1. The van der Waals surface area contributed by atoms with Crippen molar-refractivity contribution in [1.82, 2.24) is 29.9 Å². The molecule has 4 aromatic rings. The van der Waals surface area contributed by atoms with E-state index in [1.807, 2.05) is 24.3 Å². The lowest BCUT2D eigenvalue weighted by Crippen LogP contribution is -2.45. The molecule has 1 N–H and O–H groups in total. The molecule has 0 spiro atoms. The molecule has 33 heavy (non-hydrogen) atoms. The van der Waals surface area contributed by atoms with Gasteiger partial charge in [-0.15, -0.1) is 0 Å². The van der Waals surface area contributed by atoms with Crippen LogP contribution in [0.25, 0.3) is 22.3 Å². The van der Waals surface area contributed by atoms with Crippen molar-refractivity contribution in [3.05, 3.63) is 69.6 Å². The van der Waals surface area contributed by atoms with Gasteiger partial charge in [-0.25, -0.2) is 4.98 Å². The Morgan fingerprint density at radius 1 is 1.03 bits per heavy atom. The molecule has 2 aromatic heterocycles. The summed E-state index contributed by atoms with van der Waals surface area (Å²) in [4.78, 5) is 28.9. The number of fused-ring (bicyclic) bond motifs is 1. The number of piperazine rings is 1. The van der Waals surface area contributed by atoms with Crippen molar-refractivity contribution >= 4 is 22.5 Å². The van der Waals surface area contributed by atoms with E-state index in [1.165, 1.54) is 0 Å². The molecule has 5 rings (SSSR count). The van der Waals surface area contributed by atoms with Crippen LogP contribution in [0.4, 0.5) is 0 Å². The van der Waals surface area contributed by atoms with Crippen molar-refractivity contribution < 1.29 is 9.26 Å². The second kappa shape index (κ2) is 9.30. The molecule has 1 saturated heterocycles. The number of rotatable bonds is 6. The molecule has 0 atom stereocenters. The summed E-state index contributed by atoms with van der Waals surface area (Å²) in [5.41, 5.74) is 1.37. The number of H-pyrrole nitrogens is 1. The molecule has 0 saturated carbocycles. The van der Waals surface area contributed by atoms with Gasteiger partial charge in [0, 0.05) is 36.8 Å². The van der Waals surface area contributed by atoms with Crippen LogP contribution in [0, 0.1) is 0 Å². The van der Waals surface area contributed by atoms with Crippen molar-refractivity contribution in [3.63, 3.8) is 0 Å². The predicted octanol–water partition coefficient (Wildman–Crippen LogP) is 2.95. The highest BCUT2D eigenvalue weighted by molar-refractivity contribution is 6.31. The average Bonchev–Trinajstić information content (AvgIpc) is 3.29. The second-order valence-corrected chi connectivity index (χ2v) is 8.40. The number of nitrogens with one attached hydrogen (secondary N) is 1. The Labute approximate surface area is 194 Å². The van der Waals surface area contributed by atoms with Gasteiger partial charge in [0.05, 0.1) is 31.1 Å². The molecule has 10 heteroatoms. The smallest absolute Gasteiger partial charge is 0.258 e. The Hall–Kier alpha value is -3.27. The van der Waals surface area contributed by atoms with Gasteiger partial charge in [0.15, 0.2) is 0 Å². The molecule has 1 aliphatic heterocycles. The lowest BCUT2D eigenvalue weighted by Gasteiger charge is -2.33. The van der Waals surface area contributed by atoms with Gasteiger partial charge in [-0.3, -0.25) is 14.6 Å². The van der Waals surface area contributed by atoms with Crippen molar-refractivity contribution in [1.29, 1.82) is 0 Å². The van der Waals surface area contributed by atoms with Crippen LogP contribution in [-0.2, 0) is 13.1 Å². The number of hydrogen-bond acceptors (Lipinski definition) is 8. The molecule has 0 radical (unpaired) electrons. The third kappa shape index (κ3) is 4.90. The van der Waals surface area contributed by atoms with Crippen LogP contribution in [0.5, 0.6) is 5.75 Å². The average molecular weight is 467 g/mol. The van der Waals surface area contributed by atoms with Crippen LogP contribution in [0.2, 0.25) is 5.02 Å². The van der Waals surface area contributed by atoms with E-state index >= 15 is 0 Å². The van der Waals surface area contributed by atoms with Gasteiger partial charge in [-0.05, 0) is 42.5 Å². The fourth-order valence-electron chi connectivity index (χ4n) is 3.92. The summed E-state index contributed by atoms with van der Waals surface area (Å²) < 4.78 is 10.6. The first-order chi connectivity index (χ1) is 16.1. The highest BCUT2D eigenvalue weighted by Gasteiger charge is 2.20. The summed E-state index contributed by atoms with van der Waals surface area (Å²) in [6, 6.07) is 12.7. The first-order valence-corrected chi connectivity index (χ1v) is 11.1. The zero-order chi connectivity index (χ0) is 22.8. The number of halogens is 1. The molecule has 170 valence electrons. The molecular weight excluding hydrogens is 444 g/mol. The fourth-order valence-corrected chi connectivity index (χ4v) is 4.09. The minimum Gasteiger partial charge on any atom is -0.497 e. The molecule has 0 aliphatic carbocycles. The van der Waals surface area contributed by atoms with Gasteiger partial charge in [0.1, 0.15) is 11.6 Å². The highest BCUT2D eigenvalue weighted by atomic mass is 35.5. The molecule has 3 heterocycles. The minimum absolute atomic E-state index is 0.166. The van der Waals surface area contributed by atoms with Gasteiger partial charge < -0.3 is 14.2 Å². The highest BCUT2D eigenvalue weighted by Crippen LogP contribution is 2.20. The topological polar surface area (TPSA) is 100 Å². The summed E-state index contributed by atoms with van der Waals surface area (Å²) in [6.07, 6.45) is 0. The number of hydrogen-bond donors (Lipinski definition) is 1. The van der Waals surface area contributed by atoms with Crippen LogP contribution >= 0.6 is 11.6 Å². The largest absolute Gasteiger partial charge is 0.497 e. The maximum atomic E-state index is 12.4. The van der Waals surface area contributed by atoms with E-state index in [2.05, 4.69) is 29.9 Å². The number of nitrogens with zero attached hydrogens (tertiary/aromatic N) is 5. The summed E-state index contributed by atoms with van der Waals surface area (Å²) in [5, 5.41) is 5.13. The number of ether oxygens (including phenoxy) is 1. The first kappa shape index (κ1) is 21.6. The van der Waals surface area contributed by atoms with Crippen LogP contribution in [0.1, 0.15) is 11.7 Å². The molecular formula is C23H23ClN6O3. The summed E-state index contributed by atoms with van der Waals surface area (Å²) >= 11 is 5.99. The quantitative estimate of drug-likeness (QED) is 0.463. The third-order valence-corrected chi connectivity index (χ3v) is 5.97. The molecule has 0 bridgehead atoms. The molecule has 2 aromatic carbocycles. The Bertz CT molecular complexity index is 1310. The minimum atomic E-state index is -0.166. The van der Waals surface area contributed by atoms with E-state index in [1.54, 1.807) is 25.3 Å². The van der Waals surface area contributed by atoms with Crippen LogP contribution in [0.3, 0.4) is 0 Å². The monoisotopic (exact) mass is 466 g/mol. The number of aromatic nitrogens is 4. The molecule has 9 nitrogen and oxygen atoms in total. The number of benzene rings is 2. The maximum absolute atomic E-state index is 12.4. The van der Waals surface area contributed by atoms with Crippen molar-refractivity contribution in [2.45, 2.75) is 13.1 Å². The van der Waals surface area contributed by atoms with E-state index in [9.17, 15) is 4.79 Å².